The van der Waals surface area contributed by atoms with Crippen LogP contribution in [0.25, 0.3) is 0 Å². The molecule has 1 aromatic carbocycles. The highest BCUT2D eigenvalue weighted by molar-refractivity contribution is 7.89. The van der Waals surface area contributed by atoms with Gasteiger partial charge in [-0.3, -0.25) is 4.79 Å². The quantitative estimate of drug-likeness (QED) is 0.823. The zero-order valence-corrected chi connectivity index (χ0v) is 13.9. The van der Waals surface area contributed by atoms with Gasteiger partial charge >= 0.3 is 0 Å². The van der Waals surface area contributed by atoms with Crippen LogP contribution in [-0.4, -0.2) is 62.9 Å². The number of ether oxygens (including phenoxy) is 1. The summed E-state index contributed by atoms with van der Waals surface area (Å²) in [5.74, 6) is -0.193. The molecule has 6 nitrogen and oxygen atoms in total. The summed E-state index contributed by atoms with van der Waals surface area (Å²) in [6, 6.07) is 8.42. The van der Waals surface area contributed by atoms with Crippen molar-refractivity contribution in [1.82, 2.24) is 9.21 Å². The Hall–Kier alpha value is -1.44. The maximum atomic E-state index is 12.7. The van der Waals surface area contributed by atoms with Crippen molar-refractivity contribution < 1.29 is 17.9 Å². The predicted octanol–water partition coefficient (Wildman–Crippen LogP) is 0.946. The Balaban J connectivity index is 1.72. The minimum Gasteiger partial charge on any atom is -0.378 e. The highest BCUT2D eigenvalue weighted by Crippen LogP contribution is 2.25. The second-order valence-corrected chi connectivity index (χ2v) is 7.89. The van der Waals surface area contributed by atoms with E-state index in [0.717, 1.165) is 6.42 Å². The smallest absolute Gasteiger partial charge is 0.243 e. The molecule has 0 spiro atoms. The molecule has 1 aromatic rings. The number of hydrogen-bond donors (Lipinski definition) is 0. The van der Waals surface area contributed by atoms with Crippen molar-refractivity contribution in [2.45, 2.75) is 17.7 Å². The van der Waals surface area contributed by atoms with E-state index in [-0.39, 0.29) is 18.4 Å². The lowest BCUT2D eigenvalue weighted by Crippen LogP contribution is -2.49. The van der Waals surface area contributed by atoms with Crippen LogP contribution in [0.2, 0.25) is 0 Å². The number of carbonyl (C=O) groups excluding carboxylic acids is 1. The van der Waals surface area contributed by atoms with Gasteiger partial charge in [-0.05, 0) is 25.0 Å². The Morgan fingerprint density at radius 2 is 1.78 bits per heavy atom. The summed E-state index contributed by atoms with van der Waals surface area (Å²) < 4.78 is 32.1. The summed E-state index contributed by atoms with van der Waals surface area (Å²) >= 11 is 0. The van der Waals surface area contributed by atoms with Crippen LogP contribution in [0.1, 0.15) is 12.8 Å². The van der Waals surface area contributed by atoms with Gasteiger partial charge < -0.3 is 9.64 Å². The van der Waals surface area contributed by atoms with Gasteiger partial charge in [0.1, 0.15) is 0 Å². The number of carbonyl (C=O) groups is 1. The average molecular weight is 338 g/mol. The number of rotatable bonds is 3. The third-order valence-electron chi connectivity index (χ3n) is 4.44. The van der Waals surface area contributed by atoms with Crippen molar-refractivity contribution in [3.05, 3.63) is 30.3 Å². The Bertz CT molecular complexity index is 641. The summed E-state index contributed by atoms with van der Waals surface area (Å²) in [4.78, 5) is 14.7. The van der Waals surface area contributed by atoms with Crippen LogP contribution in [0.5, 0.6) is 0 Å². The molecule has 3 rings (SSSR count). The molecule has 0 saturated carbocycles. The lowest BCUT2D eigenvalue weighted by Gasteiger charge is -2.35. The normalized spacial score (nSPS) is 23.7. The lowest BCUT2D eigenvalue weighted by molar-refractivity contribution is -0.140. The van der Waals surface area contributed by atoms with Gasteiger partial charge in [-0.1, -0.05) is 18.2 Å². The molecule has 1 atom stereocenters. The predicted molar refractivity (Wildman–Crippen MR) is 85.3 cm³/mol. The maximum Gasteiger partial charge on any atom is 0.243 e. The lowest BCUT2D eigenvalue weighted by atomic mass is 9.98. The van der Waals surface area contributed by atoms with Gasteiger partial charge in [-0.25, -0.2) is 8.42 Å². The first-order valence-electron chi connectivity index (χ1n) is 8.01. The third kappa shape index (κ3) is 3.57. The molecule has 0 bridgehead atoms. The summed E-state index contributed by atoms with van der Waals surface area (Å²) in [5, 5.41) is 0. The number of morpholine rings is 1. The van der Waals surface area contributed by atoms with Crippen molar-refractivity contribution in [3.63, 3.8) is 0 Å². The van der Waals surface area contributed by atoms with Crippen LogP contribution in [0.4, 0.5) is 0 Å². The molecule has 2 saturated heterocycles. The molecule has 0 aromatic heterocycles. The molecule has 0 radical (unpaired) electrons. The summed E-state index contributed by atoms with van der Waals surface area (Å²) in [6.45, 7) is 3.06. The number of amides is 1. The van der Waals surface area contributed by atoms with E-state index in [1.54, 1.807) is 35.2 Å². The molecule has 0 unspecified atom stereocenters. The molecule has 2 fully saturated rings. The van der Waals surface area contributed by atoms with Crippen LogP contribution in [0, 0.1) is 5.92 Å². The molecule has 1 amide bonds. The molecule has 2 heterocycles. The molecular weight excluding hydrogens is 316 g/mol. The van der Waals surface area contributed by atoms with Gasteiger partial charge in [0.2, 0.25) is 15.9 Å². The first kappa shape index (κ1) is 16.4. The molecule has 0 aliphatic carbocycles. The number of benzene rings is 1. The van der Waals surface area contributed by atoms with E-state index in [2.05, 4.69) is 0 Å². The van der Waals surface area contributed by atoms with Crippen LogP contribution < -0.4 is 0 Å². The van der Waals surface area contributed by atoms with E-state index >= 15 is 0 Å². The Kier molecular flexibility index (Phi) is 4.99. The Morgan fingerprint density at radius 3 is 2.48 bits per heavy atom. The molecule has 0 N–H and O–H groups in total. The van der Waals surface area contributed by atoms with E-state index in [9.17, 15) is 13.2 Å². The van der Waals surface area contributed by atoms with Crippen LogP contribution in [0.3, 0.4) is 0 Å². The van der Waals surface area contributed by atoms with Crippen molar-refractivity contribution >= 4 is 15.9 Å². The van der Waals surface area contributed by atoms with Gasteiger partial charge in [0.25, 0.3) is 0 Å². The number of piperidine rings is 1. The minimum absolute atomic E-state index is 0.0567. The summed E-state index contributed by atoms with van der Waals surface area (Å²) in [6.07, 6.45) is 1.46. The van der Waals surface area contributed by atoms with E-state index in [1.807, 2.05) is 0 Å². The molecule has 7 heteroatoms. The fourth-order valence-corrected chi connectivity index (χ4v) is 4.69. The zero-order chi connectivity index (χ0) is 16.3. The van der Waals surface area contributed by atoms with Crippen molar-refractivity contribution in [2.24, 2.45) is 5.92 Å². The Morgan fingerprint density at radius 1 is 1.09 bits per heavy atom. The highest BCUT2D eigenvalue weighted by Gasteiger charge is 2.35. The molecule has 126 valence electrons. The zero-order valence-electron chi connectivity index (χ0n) is 13.1. The average Bonchev–Trinajstić information content (AvgIpc) is 2.62. The standard InChI is InChI=1S/C16H22N2O4S/c19-16(17-9-11-22-12-10-17)14-5-4-8-18(13-14)23(20,21)15-6-2-1-3-7-15/h1-3,6-7,14H,4-5,8-13H2/t14-/m0/s1. The van der Waals surface area contributed by atoms with E-state index in [1.165, 1.54) is 4.31 Å². The second-order valence-electron chi connectivity index (χ2n) is 5.95. The van der Waals surface area contributed by atoms with Gasteiger partial charge in [-0.15, -0.1) is 0 Å². The van der Waals surface area contributed by atoms with Crippen molar-refractivity contribution in [3.8, 4) is 0 Å². The topological polar surface area (TPSA) is 66.9 Å². The van der Waals surface area contributed by atoms with E-state index < -0.39 is 10.0 Å². The first-order chi connectivity index (χ1) is 11.1. The number of sulfonamides is 1. The molecular formula is C16H22N2O4S. The largest absolute Gasteiger partial charge is 0.378 e. The second kappa shape index (κ2) is 6.98. The van der Waals surface area contributed by atoms with Crippen molar-refractivity contribution in [1.29, 1.82) is 0 Å². The van der Waals surface area contributed by atoms with Gasteiger partial charge in [0.05, 0.1) is 24.0 Å². The fourth-order valence-electron chi connectivity index (χ4n) is 3.15. The van der Waals surface area contributed by atoms with Crippen molar-refractivity contribution in [2.75, 3.05) is 39.4 Å². The number of nitrogens with zero attached hydrogens (tertiary/aromatic N) is 2. The summed E-state index contributed by atoms with van der Waals surface area (Å²) in [5.41, 5.74) is 0. The molecule has 2 aliphatic rings. The summed E-state index contributed by atoms with van der Waals surface area (Å²) in [7, 11) is -3.52. The van der Waals surface area contributed by atoms with E-state index in [0.29, 0.717) is 44.2 Å². The van der Waals surface area contributed by atoms with Gasteiger partial charge in [-0.2, -0.15) is 4.31 Å². The van der Waals surface area contributed by atoms with Crippen LogP contribution in [0.15, 0.2) is 35.2 Å². The SMILES string of the molecule is O=C([C@H]1CCCN(S(=O)(=O)c2ccccc2)C1)N1CCOCC1. The van der Waals surface area contributed by atoms with Gasteiger partial charge in [0.15, 0.2) is 0 Å². The van der Waals surface area contributed by atoms with Gasteiger partial charge in [0, 0.05) is 26.2 Å². The number of hydrogen-bond acceptors (Lipinski definition) is 4. The van der Waals surface area contributed by atoms with E-state index in [4.69, 9.17) is 4.74 Å². The molecule has 23 heavy (non-hydrogen) atoms. The maximum absolute atomic E-state index is 12.7. The monoisotopic (exact) mass is 338 g/mol. The molecule has 2 aliphatic heterocycles. The van der Waals surface area contributed by atoms with Crippen LogP contribution in [-0.2, 0) is 19.6 Å². The third-order valence-corrected chi connectivity index (χ3v) is 6.32. The first-order valence-corrected chi connectivity index (χ1v) is 9.45. The Labute approximate surface area is 137 Å². The fraction of sp³-hybridized carbons (Fsp3) is 0.562. The van der Waals surface area contributed by atoms with Crippen LogP contribution >= 0.6 is 0 Å². The highest BCUT2D eigenvalue weighted by atomic mass is 32.2. The minimum atomic E-state index is -3.52.